The SMILES string of the molecule is CC1(NC(=O)c2ccccc2C(=O)O)CCCC1. The highest BCUT2D eigenvalue weighted by Crippen LogP contribution is 2.29. The molecule has 1 aromatic rings. The molecule has 0 unspecified atom stereocenters. The van der Waals surface area contributed by atoms with Gasteiger partial charge in [-0.25, -0.2) is 4.79 Å². The minimum Gasteiger partial charge on any atom is -0.478 e. The third-order valence-electron chi connectivity index (χ3n) is 3.52. The van der Waals surface area contributed by atoms with Crippen LogP contribution in [-0.4, -0.2) is 22.5 Å². The fourth-order valence-corrected chi connectivity index (χ4v) is 2.49. The monoisotopic (exact) mass is 247 g/mol. The molecule has 0 atom stereocenters. The van der Waals surface area contributed by atoms with E-state index in [9.17, 15) is 9.59 Å². The van der Waals surface area contributed by atoms with Crippen LogP contribution in [-0.2, 0) is 0 Å². The third kappa shape index (κ3) is 2.53. The van der Waals surface area contributed by atoms with Crippen molar-refractivity contribution in [3.63, 3.8) is 0 Å². The molecule has 0 radical (unpaired) electrons. The minimum atomic E-state index is -1.07. The first-order valence-corrected chi connectivity index (χ1v) is 6.17. The normalized spacial score (nSPS) is 17.4. The van der Waals surface area contributed by atoms with Crippen molar-refractivity contribution in [3.8, 4) is 0 Å². The largest absolute Gasteiger partial charge is 0.478 e. The zero-order valence-corrected chi connectivity index (χ0v) is 10.4. The second kappa shape index (κ2) is 4.80. The van der Waals surface area contributed by atoms with Gasteiger partial charge in [-0.05, 0) is 31.9 Å². The topological polar surface area (TPSA) is 66.4 Å². The average Bonchev–Trinajstić information content (AvgIpc) is 2.75. The molecular formula is C14H17NO3. The van der Waals surface area contributed by atoms with Crippen LogP contribution in [0.4, 0.5) is 0 Å². The summed E-state index contributed by atoms with van der Waals surface area (Å²) in [5, 5.41) is 12.0. The molecule has 0 heterocycles. The number of rotatable bonds is 3. The van der Waals surface area contributed by atoms with Crippen LogP contribution >= 0.6 is 0 Å². The van der Waals surface area contributed by atoms with Gasteiger partial charge in [0.1, 0.15) is 0 Å². The molecule has 0 aliphatic heterocycles. The van der Waals surface area contributed by atoms with Gasteiger partial charge >= 0.3 is 5.97 Å². The van der Waals surface area contributed by atoms with E-state index in [4.69, 9.17) is 5.11 Å². The average molecular weight is 247 g/mol. The molecule has 2 rings (SSSR count). The van der Waals surface area contributed by atoms with E-state index in [1.165, 1.54) is 6.07 Å². The fraction of sp³-hybridized carbons (Fsp3) is 0.429. The molecule has 18 heavy (non-hydrogen) atoms. The number of hydrogen-bond acceptors (Lipinski definition) is 2. The predicted octanol–water partition coefficient (Wildman–Crippen LogP) is 2.45. The van der Waals surface area contributed by atoms with E-state index in [2.05, 4.69) is 5.32 Å². The van der Waals surface area contributed by atoms with Crippen LogP contribution in [0.3, 0.4) is 0 Å². The summed E-state index contributed by atoms with van der Waals surface area (Å²) < 4.78 is 0. The lowest BCUT2D eigenvalue weighted by Crippen LogP contribution is -2.44. The number of carboxylic acids is 1. The molecule has 0 bridgehead atoms. The molecule has 1 saturated carbocycles. The summed E-state index contributed by atoms with van der Waals surface area (Å²) in [6.07, 6.45) is 4.12. The molecule has 2 N–H and O–H groups in total. The maximum atomic E-state index is 12.2. The van der Waals surface area contributed by atoms with Crippen molar-refractivity contribution >= 4 is 11.9 Å². The molecule has 1 amide bonds. The van der Waals surface area contributed by atoms with Gasteiger partial charge in [0.15, 0.2) is 0 Å². The summed E-state index contributed by atoms with van der Waals surface area (Å²) in [7, 11) is 0. The lowest BCUT2D eigenvalue weighted by molar-refractivity contribution is 0.0689. The van der Waals surface area contributed by atoms with E-state index < -0.39 is 5.97 Å². The van der Waals surface area contributed by atoms with Crippen LogP contribution in [0.1, 0.15) is 53.3 Å². The Kier molecular flexibility index (Phi) is 3.36. The van der Waals surface area contributed by atoms with Crippen molar-refractivity contribution in [1.29, 1.82) is 0 Å². The van der Waals surface area contributed by atoms with Crippen molar-refractivity contribution in [3.05, 3.63) is 35.4 Å². The highest BCUT2D eigenvalue weighted by Gasteiger charge is 2.31. The smallest absolute Gasteiger partial charge is 0.336 e. The number of nitrogens with one attached hydrogen (secondary N) is 1. The zero-order chi connectivity index (χ0) is 13.2. The van der Waals surface area contributed by atoms with Crippen LogP contribution in [0.2, 0.25) is 0 Å². The summed E-state index contributed by atoms with van der Waals surface area (Å²) in [5.41, 5.74) is 0.0950. The van der Waals surface area contributed by atoms with Gasteiger partial charge in [0.2, 0.25) is 0 Å². The van der Waals surface area contributed by atoms with Crippen molar-refractivity contribution in [2.45, 2.75) is 38.1 Å². The van der Waals surface area contributed by atoms with E-state index in [1.54, 1.807) is 18.2 Å². The van der Waals surface area contributed by atoms with Gasteiger partial charge in [-0.1, -0.05) is 25.0 Å². The lowest BCUT2D eigenvalue weighted by Gasteiger charge is -2.25. The number of carboxylic acid groups (broad SMARTS) is 1. The maximum Gasteiger partial charge on any atom is 0.336 e. The van der Waals surface area contributed by atoms with Crippen molar-refractivity contribution in [2.24, 2.45) is 0 Å². The number of benzene rings is 1. The van der Waals surface area contributed by atoms with Gasteiger partial charge in [0.05, 0.1) is 11.1 Å². The molecule has 1 aliphatic rings. The summed E-state index contributed by atoms with van der Waals surface area (Å²) >= 11 is 0. The Balaban J connectivity index is 2.21. The second-order valence-corrected chi connectivity index (χ2v) is 5.07. The highest BCUT2D eigenvalue weighted by atomic mass is 16.4. The number of amides is 1. The molecule has 96 valence electrons. The van der Waals surface area contributed by atoms with E-state index >= 15 is 0 Å². The molecule has 0 aromatic heterocycles. The molecule has 4 heteroatoms. The molecule has 1 fully saturated rings. The fourth-order valence-electron chi connectivity index (χ4n) is 2.49. The van der Waals surface area contributed by atoms with Gasteiger partial charge in [-0.15, -0.1) is 0 Å². The first-order chi connectivity index (χ1) is 8.52. The molecule has 0 spiro atoms. The van der Waals surface area contributed by atoms with Gasteiger partial charge in [0.25, 0.3) is 5.91 Å². The third-order valence-corrected chi connectivity index (χ3v) is 3.52. The van der Waals surface area contributed by atoms with E-state index in [0.717, 1.165) is 25.7 Å². The quantitative estimate of drug-likeness (QED) is 0.862. The van der Waals surface area contributed by atoms with Crippen LogP contribution < -0.4 is 5.32 Å². The molecule has 0 saturated heterocycles. The Labute approximate surface area is 106 Å². The van der Waals surface area contributed by atoms with Gasteiger partial charge in [-0.3, -0.25) is 4.79 Å². The second-order valence-electron chi connectivity index (χ2n) is 5.07. The van der Waals surface area contributed by atoms with E-state index in [-0.39, 0.29) is 22.6 Å². The van der Waals surface area contributed by atoms with Crippen LogP contribution in [0.15, 0.2) is 24.3 Å². The summed E-state index contributed by atoms with van der Waals surface area (Å²) in [4.78, 5) is 23.2. The summed E-state index contributed by atoms with van der Waals surface area (Å²) in [6.45, 7) is 2.02. The Bertz CT molecular complexity index is 476. The number of carbonyl (C=O) groups excluding carboxylic acids is 1. The van der Waals surface area contributed by atoms with Crippen LogP contribution in [0.5, 0.6) is 0 Å². The minimum absolute atomic E-state index is 0.0524. The number of hydrogen-bond donors (Lipinski definition) is 2. The predicted molar refractivity (Wildman–Crippen MR) is 67.7 cm³/mol. The van der Waals surface area contributed by atoms with E-state index in [0.29, 0.717) is 0 Å². The van der Waals surface area contributed by atoms with Crippen molar-refractivity contribution in [1.82, 2.24) is 5.32 Å². The standard InChI is InChI=1S/C14H17NO3/c1-14(8-4-5-9-14)15-12(16)10-6-2-3-7-11(10)13(17)18/h2-3,6-7H,4-5,8-9H2,1H3,(H,15,16)(H,17,18). The Morgan fingerprint density at radius 3 is 2.28 bits per heavy atom. The molecular weight excluding hydrogens is 230 g/mol. The Hall–Kier alpha value is -1.84. The molecule has 1 aliphatic carbocycles. The van der Waals surface area contributed by atoms with E-state index in [1.807, 2.05) is 6.92 Å². The van der Waals surface area contributed by atoms with Gasteiger partial charge in [0, 0.05) is 5.54 Å². The first-order valence-electron chi connectivity index (χ1n) is 6.17. The van der Waals surface area contributed by atoms with Crippen LogP contribution in [0, 0.1) is 0 Å². The van der Waals surface area contributed by atoms with Gasteiger partial charge < -0.3 is 10.4 Å². The molecule has 4 nitrogen and oxygen atoms in total. The highest BCUT2D eigenvalue weighted by molar-refractivity contribution is 6.05. The Morgan fingerprint density at radius 1 is 1.17 bits per heavy atom. The maximum absolute atomic E-state index is 12.2. The molecule has 1 aromatic carbocycles. The summed E-state index contributed by atoms with van der Waals surface area (Å²) in [6, 6.07) is 6.31. The summed E-state index contributed by atoms with van der Waals surface area (Å²) in [5.74, 6) is -1.37. The first kappa shape index (κ1) is 12.6. The van der Waals surface area contributed by atoms with Crippen molar-refractivity contribution < 1.29 is 14.7 Å². The van der Waals surface area contributed by atoms with Crippen molar-refractivity contribution in [2.75, 3.05) is 0 Å². The zero-order valence-electron chi connectivity index (χ0n) is 10.4. The number of carbonyl (C=O) groups is 2. The Morgan fingerprint density at radius 2 is 1.72 bits per heavy atom. The van der Waals surface area contributed by atoms with Gasteiger partial charge in [-0.2, -0.15) is 0 Å². The number of aromatic carboxylic acids is 1. The lowest BCUT2D eigenvalue weighted by atomic mass is 9.99. The van der Waals surface area contributed by atoms with Crippen LogP contribution in [0.25, 0.3) is 0 Å².